The summed E-state index contributed by atoms with van der Waals surface area (Å²) in [5.41, 5.74) is 0.961. The molecule has 0 saturated heterocycles. The number of hydrogen-bond acceptors (Lipinski definition) is 2. The normalized spacial score (nSPS) is 40.8. The molecule has 2 aliphatic carbocycles. The molecular formula is C15H29NO. The molecule has 2 nitrogen and oxygen atoms in total. The summed E-state index contributed by atoms with van der Waals surface area (Å²) in [6, 6.07) is 0.667. The molecule has 2 fully saturated rings. The predicted molar refractivity (Wildman–Crippen MR) is 71.9 cm³/mol. The van der Waals surface area contributed by atoms with Crippen LogP contribution in [0.5, 0.6) is 0 Å². The van der Waals surface area contributed by atoms with Crippen LogP contribution < -0.4 is 5.32 Å². The maximum atomic E-state index is 9.59. The van der Waals surface area contributed by atoms with Crippen molar-refractivity contribution >= 4 is 0 Å². The Morgan fingerprint density at radius 2 is 2.06 bits per heavy atom. The van der Waals surface area contributed by atoms with Gasteiger partial charge in [-0.2, -0.15) is 0 Å². The first-order valence-electron chi connectivity index (χ1n) is 7.33. The molecule has 4 atom stereocenters. The van der Waals surface area contributed by atoms with Crippen LogP contribution in [0.15, 0.2) is 0 Å². The highest BCUT2D eigenvalue weighted by Gasteiger charge is 2.60. The van der Waals surface area contributed by atoms with E-state index in [9.17, 15) is 5.11 Å². The summed E-state index contributed by atoms with van der Waals surface area (Å²) >= 11 is 0. The van der Waals surface area contributed by atoms with E-state index in [1.165, 1.54) is 19.3 Å². The molecule has 100 valence electrons. The van der Waals surface area contributed by atoms with Crippen LogP contribution in [0.2, 0.25) is 0 Å². The molecule has 17 heavy (non-hydrogen) atoms. The molecule has 0 aromatic carbocycles. The SMILES string of the molecule is CCC(O)CCNC1CC2CCC1(C)C2(C)C. The second-order valence-electron chi connectivity index (χ2n) is 6.97. The lowest BCUT2D eigenvalue weighted by molar-refractivity contribution is 0.114. The maximum Gasteiger partial charge on any atom is 0.0549 e. The van der Waals surface area contributed by atoms with Gasteiger partial charge in [0.05, 0.1) is 6.10 Å². The third-order valence-electron chi connectivity index (χ3n) is 6.13. The Labute approximate surface area is 106 Å². The van der Waals surface area contributed by atoms with Crippen LogP contribution in [0, 0.1) is 16.7 Å². The number of hydrogen-bond donors (Lipinski definition) is 2. The van der Waals surface area contributed by atoms with Crippen LogP contribution in [0.3, 0.4) is 0 Å². The Morgan fingerprint density at radius 1 is 1.35 bits per heavy atom. The minimum absolute atomic E-state index is 0.123. The van der Waals surface area contributed by atoms with Crippen LogP contribution in [0.1, 0.15) is 59.8 Å². The first-order chi connectivity index (χ1) is 7.91. The van der Waals surface area contributed by atoms with Gasteiger partial charge in [-0.25, -0.2) is 0 Å². The Balaban J connectivity index is 1.88. The molecule has 2 aliphatic rings. The molecule has 0 heterocycles. The van der Waals surface area contributed by atoms with Gasteiger partial charge in [0.1, 0.15) is 0 Å². The van der Waals surface area contributed by atoms with Gasteiger partial charge in [-0.3, -0.25) is 0 Å². The van der Waals surface area contributed by atoms with Gasteiger partial charge >= 0.3 is 0 Å². The highest BCUT2D eigenvalue weighted by atomic mass is 16.3. The van der Waals surface area contributed by atoms with Gasteiger partial charge < -0.3 is 10.4 Å². The van der Waals surface area contributed by atoms with Gasteiger partial charge in [0.2, 0.25) is 0 Å². The van der Waals surface area contributed by atoms with Crippen LogP contribution >= 0.6 is 0 Å². The molecule has 0 amide bonds. The van der Waals surface area contributed by atoms with Crippen molar-refractivity contribution in [3.05, 3.63) is 0 Å². The zero-order chi connectivity index (χ0) is 12.7. The summed E-state index contributed by atoms with van der Waals surface area (Å²) in [7, 11) is 0. The van der Waals surface area contributed by atoms with Crippen molar-refractivity contribution in [3.8, 4) is 0 Å². The third-order valence-corrected chi connectivity index (χ3v) is 6.13. The molecule has 2 N–H and O–H groups in total. The minimum atomic E-state index is -0.123. The molecule has 2 heteroatoms. The van der Waals surface area contributed by atoms with E-state index in [1.54, 1.807) is 0 Å². The highest BCUT2D eigenvalue weighted by molar-refractivity contribution is 5.12. The van der Waals surface area contributed by atoms with Gasteiger partial charge in [0.25, 0.3) is 0 Å². The topological polar surface area (TPSA) is 32.3 Å². The summed E-state index contributed by atoms with van der Waals surface area (Å²) in [6.07, 6.45) is 5.78. The van der Waals surface area contributed by atoms with Gasteiger partial charge in [-0.15, -0.1) is 0 Å². The Hall–Kier alpha value is -0.0800. The fourth-order valence-electron chi connectivity index (χ4n) is 4.14. The third kappa shape index (κ3) is 2.04. The zero-order valence-electron chi connectivity index (χ0n) is 11.9. The van der Waals surface area contributed by atoms with E-state index in [0.29, 0.717) is 16.9 Å². The molecule has 4 unspecified atom stereocenters. The minimum Gasteiger partial charge on any atom is -0.393 e. The van der Waals surface area contributed by atoms with E-state index in [2.05, 4.69) is 26.1 Å². The lowest BCUT2D eigenvalue weighted by atomic mass is 9.69. The smallest absolute Gasteiger partial charge is 0.0549 e. The van der Waals surface area contributed by atoms with Crippen LogP contribution in [-0.4, -0.2) is 23.8 Å². The summed E-state index contributed by atoms with van der Waals surface area (Å²) in [4.78, 5) is 0. The van der Waals surface area contributed by atoms with Crippen LogP contribution in [-0.2, 0) is 0 Å². The molecular weight excluding hydrogens is 210 g/mol. The van der Waals surface area contributed by atoms with Crippen molar-refractivity contribution in [2.24, 2.45) is 16.7 Å². The van der Waals surface area contributed by atoms with E-state index in [0.717, 1.165) is 25.3 Å². The highest BCUT2D eigenvalue weighted by Crippen LogP contribution is 2.65. The molecule has 0 radical (unpaired) electrons. The Bertz CT molecular complexity index is 276. The summed E-state index contributed by atoms with van der Waals surface area (Å²) in [5, 5.41) is 13.3. The molecule has 2 bridgehead atoms. The number of aliphatic hydroxyl groups is 1. The molecule has 2 rings (SSSR count). The van der Waals surface area contributed by atoms with Crippen LogP contribution in [0.25, 0.3) is 0 Å². The quantitative estimate of drug-likeness (QED) is 0.773. The van der Waals surface area contributed by atoms with Crippen LogP contribution in [0.4, 0.5) is 0 Å². The fourth-order valence-corrected chi connectivity index (χ4v) is 4.14. The average molecular weight is 239 g/mol. The monoisotopic (exact) mass is 239 g/mol. The van der Waals surface area contributed by atoms with E-state index in [-0.39, 0.29) is 6.10 Å². The summed E-state index contributed by atoms with van der Waals surface area (Å²) < 4.78 is 0. The molecule has 0 aromatic heterocycles. The lowest BCUT2D eigenvalue weighted by Gasteiger charge is -2.39. The number of rotatable bonds is 5. The predicted octanol–water partition coefficient (Wildman–Crippen LogP) is 2.95. The molecule has 2 saturated carbocycles. The zero-order valence-corrected chi connectivity index (χ0v) is 11.9. The maximum absolute atomic E-state index is 9.59. The van der Waals surface area contributed by atoms with E-state index in [1.807, 2.05) is 6.92 Å². The first kappa shape index (κ1) is 13.4. The van der Waals surface area contributed by atoms with E-state index < -0.39 is 0 Å². The van der Waals surface area contributed by atoms with Crippen molar-refractivity contribution < 1.29 is 5.11 Å². The number of nitrogens with one attached hydrogen (secondary N) is 1. The Kier molecular flexibility index (Phi) is 3.57. The summed E-state index contributed by atoms with van der Waals surface area (Å²) in [6.45, 7) is 10.4. The van der Waals surface area contributed by atoms with Crippen molar-refractivity contribution in [1.29, 1.82) is 0 Å². The average Bonchev–Trinajstić information content (AvgIpc) is 2.61. The van der Waals surface area contributed by atoms with E-state index >= 15 is 0 Å². The second kappa shape index (κ2) is 4.55. The Morgan fingerprint density at radius 3 is 2.53 bits per heavy atom. The molecule has 0 aromatic rings. The molecule has 0 spiro atoms. The fraction of sp³-hybridized carbons (Fsp3) is 1.00. The van der Waals surface area contributed by atoms with Gasteiger partial charge in [0.15, 0.2) is 0 Å². The summed E-state index contributed by atoms with van der Waals surface area (Å²) in [5.74, 6) is 0.904. The lowest BCUT2D eigenvalue weighted by Crippen LogP contribution is -2.45. The second-order valence-corrected chi connectivity index (χ2v) is 6.97. The first-order valence-corrected chi connectivity index (χ1v) is 7.33. The van der Waals surface area contributed by atoms with Crippen molar-refractivity contribution in [2.75, 3.05) is 6.54 Å². The van der Waals surface area contributed by atoms with Gasteiger partial charge in [-0.05, 0) is 55.4 Å². The molecule has 0 aliphatic heterocycles. The number of fused-ring (bicyclic) bond motifs is 2. The van der Waals surface area contributed by atoms with Crippen molar-refractivity contribution in [1.82, 2.24) is 5.32 Å². The van der Waals surface area contributed by atoms with Crippen molar-refractivity contribution in [2.45, 2.75) is 71.9 Å². The van der Waals surface area contributed by atoms with E-state index in [4.69, 9.17) is 0 Å². The van der Waals surface area contributed by atoms with Crippen molar-refractivity contribution in [3.63, 3.8) is 0 Å². The number of aliphatic hydroxyl groups excluding tert-OH is 1. The largest absolute Gasteiger partial charge is 0.393 e. The van der Waals surface area contributed by atoms with Gasteiger partial charge in [0, 0.05) is 6.04 Å². The standard InChI is InChI=1S/C15H29NO/c1-5-12(17)7-9-16-13-10-11-6-8-15(13,4)14(11,2)3/h11-13,16-17H,5-10H2,1-4H3. The van der Waals surface area contributed by atoms with Gasteiger partial charge in [-0.1, -0.05) is 27.7 Å².